The van der Waals surface area contributed by atoms with E-state index in [4.69, 9.17) is 4.74 Å². The zero-order valence-electron chi connectivity index (χ0n) is 15.4. The van der Waals surface area contributed by atoms with E-state index < -0.39 is 12.5 Å². The minimum atomic E-state index is -2.94. The average Bonchev–Trinajstić information content (AvgIpc) is 2.60. The van der Waals surface area contributed by atoms with Crippen LogP contribution < -0.4 is 14.9 Å². The second kappa shape index (κ2) is 9.12. The van der Waals surface area contributed by atoms with Gasteiger partial charge >= 0.3 is 6.61 Å². The van der Waals surface area contributed by atoms with Crippen LogP contribution in [0.15, 0.2) is 53.6 Å². The van der Waals surface area contributed by atoms with Crippen molar-refractivity contribution in [1.82, 2.24) is 5.43 Å². The van der Waals surface area contributed by atoms with Crippen molar-refractivity contribution >= 4 is 12.1 Å². The van der Waals surface area contributed by atoms with E-state index in [1.54, 1.807) is 30.3 Å². The highest BCUT2D eigenvalue weighted by Crippen LogP contribution is 2.24. The lowest BCUT2D eigenvalue weighted by atomic mass is 9.87. The van der Waals surface area contributed by atoms with Crippen LogP contribution in [-0.4, -0.2) is 25.3 Å². The first-order valence-electron chi connectivity index (χ1n) is 8.35. The standard InChI is InChI=1S/C20H22F2N2O3/c1-20(2,3)15-8-10-16(11-9-15)26-13-18(25)24-23-12-14-6-4-5-7-17(14)27-19(21)22/h4-12,19H,13H2,1-3H3,(H,24,25)/b23-12-. The van der Waals surface area contributed by atoms with Crippen LogP contribution in [0.25, 0.3) is 0 Å². The SMILES string of the molecule is CC(C)(C)c1ccc(OCC(=O)N/N=C\c2ccccc2OC(F)F)cc1. The fourth-order valence-corrected chi connectivity index (χ4v) is 2.20. The van der Waals surface area contributed by atoms with Crippen LogP contribution in [0.4, 0.5) is 8.78 Å². The monoisotopic (exact) mass is 376 g/mol. The quantitative estimate of drug-likeness (QED) is 0.584. The van der Waals surface area contributed by atoms with Crippen LogP contribution in [0.1, 0.15) is 31.9 Å². The van der Waals surface area contributed by atoms with Gasteiger partial charge in [-0.25, -0.2) is 5.43 Å². The zero-order chi connectivity index (χ0) is 19.9. The van der Waals surface area contributed by atoms with Gasteiger partial charge in [0.15, 0.2) is 6.61 Å². The van der Waals surface area contributed by atoms with E-state index in [1.165, 1.54) is 12.3 Å². The highest BCUT2D eigenvalue weighted by Gasteiger charge is 2.13. The molecule has 0 aliphatic heterocycles. The van der Waals surface area contributed by atoms with Gasteiger partial charge < -0.3 is 9.47 Å². The Labute approximate surface area is 157 Å². The predicted octanol–water partition coefficient (Wildman–Crippen LogP) is 4.11. The molecule has 5 nitrogen and oxygen atoms in total. The molecule has 0 unspecified atom stereocenters. The summed E-state index contributed by atoms with van der Waals surface area (Å²) in [5.41, 5.74) is 3.79. The Kier molecular flexibility index (Phi) is 6.87. The van der Waals surface area contributed by atoms with E-state index >= 15 is 0 Å². The van der Waals surface area contributed by atoms with E-state index in [2.05, 4.69) is 36.0 Å². The second-order valence-electron chi connectivity index (χ2n) is 6.77. The fourth-order valence-electron chi connectivity index (χ4n) is 2.20. The molecule has 1 amide bonds. The Bertz CT molecular complexity index is 785. The summed E-state index contributed by atoms with van der Waals surface area (Å²) >= 11 is 0. The van der Waals surface area contributed by atoms with Gasteiger partial charge in [0.05, 0.1) is 6.21 Å². The lowest BCUT2D eigenvalue weighted by molar-refractivity contribution is -0.123. The summed E-state index contributed by atoms with van der Waals surface area (Å²) in [6, 6.07) is 13.6. The molecular formula is C20H22F2N2O3. The minimum Gasteiger partial charge on any atom is -0.484 e. The second-order valence-corrected chi connectivity index (χ2v) is 6.77. The molecule has 0 spiro atoms. The molecule has 0 saturated heterocycles. The van der Waals surface area contributed by atoms with Crippen LogP contribution >= 0.6 is 0 Å². The van der Waals surface area contributed by atoms with Crippen LogP contribution in [0.3, 0.4) is 0 Å². The minimum absolute atomic E-state index is 0.0271. The molecule has 0 saturated carbocycles. The number of nitrogens with zero attached hydrogens (tertiary/aromatic N) is 1. The summed E-state index contributed by atoms with van der Waals surface area (Å²) in [5, 5.41) is 3.74. The lowest BCUT2D eigenvalue weighted by Gasteiger charge is -2.19. The van der Waals surface area contributed by atoms with Crippen LogP contribution in [-0.2, 0) is 10.2 Å². The first-order chi connectivity index (χ1) is 12.8. The molecule has 0 aliphatic rings. The Balaban J connectivity index is 1.85. The number of halogens is 2. The predicted molar refractivity (Wildman–Crippen MR) is 99.4 cm³/mol. The molecule has 144 valence electrons. The summed E-state index contributed by atoms with van der Waals surface area (Å²) in [6.07, 6.45) is 1.23. The molecule has 2 rings (SSSR count). The van der Waals surface area contributed by atoms with E-state index in [0.29, 0.717) is 11.3 Å². The molecule has 27 heavy (non-hydrogen) atoms. The first-order valence-corrected chi connectivity index (χ1v) is 8.35. The van der Waals surface area contributed by atoms with Gasteiger partial charge in [0.25, 0.3) is 5.91 Å². The maximum Gasteiger partial charge on any atom is 0.387 e. The maximum atomic E-state index is 12.3. The number of ether oxygens (including phenoxy) is 2. The van der Waals surface area contributed by atoms with Crippen molar-refractivity contribution in [3.8, 4) is 11.5 Å². The molecule has 0 atom stereocenters. The van der Waals surface area contributed by atoms with E-state index in [-0.39, 0.29) is 17.8 Å². The third-order valence-corrected chi connectivity index (χ3v) is 3.62. The van der Waals surface area contributed by atoms with E-state index in [9.17, 15) is 13.6 Å². The Hall–Kier alpha value is -2.96. The number of hydrogen-bond donors (Lipinski definition) is 1. The molecule has 2 aromatic carbocycles. The largest absolute Gasteiger partial charge is 0.484 e. The first kappa shape index (κ1) is 20.4. The number of amides is 1. The normalized spacial score (nSPS) is 11.6. The highest BCUT2D eigenvalue weighted by molar-refractivity contribution is 5.85. The van der Waals surface area contributed by atoms with Crippen molar-refractivity contribution in [2.45, 2.75) is 32.8 Å². The smallest absolute Gasteiger partial charge is 0.387 e. The molecule has 0 fully saturated rings. The summed E-state index contributed by atoms with van der Waals surface area (Å²) < 4.78 is 34.5. The van der Waals surface area contributed by atoms with E-state index in [1.807, 2.05) is 12.1 Å². The number of para-hydroxylation sites is 1. The van der Waals surface area contributed by atoms with Crippen molar-refractivity contribution in [3.05, 3.63) is 59.7 Å². The van der Waals surface area contributed by atoms with Crippen LogP contribution in [0, 0.1) is 0 Å². The number of benzene rings is 2. The molecule has 2 aromatic rings. The molecule has 0 aliphatic carbocycles. The third kappa shape index (κ3) is 6.69. The highest BCUT2D eigenvalue weighted by atomic mass is 19.3. The fraction of sp³-hybridized carbons (Fsp3) is 0.300. The topological polar surface area (TPSA) is 59.9 Å². The van der Waals surface area contributed by atoms with Gasteiger partial charge in [0.1, 0.15) is 11.5 Å². The summed E-state index contributed by atoms with van der Waals surface area (Å²) in [6.45, 7) is 3.17. The number of carbonyl (C=O) groups excluding carboxylic acids is 1. The molecule has 1 N–H and O–H groups in total. The molecule has 0 radical (unpaired) electrons. The summed E-state index contributed by atoms with van der Waals surface area (Å²) in [7, 11) is 0. The maximum absolute atomic E-state index is 12.3. The van der Waals surface area contributed by atoms with Crippen molar-refractivity contribution < 1.29 is 23.0 Å². The molecule has 7 heteroatoms. The Morgan fingerprint density at radius 3 is 2.44 bits per heavy atom. The van der Waals surface area contributed by atoms with Gasteiger partial charge in [-0.2, -0.15) is 13.9 Å². The molecule has 0 heterocycles. The van der Waals surface area contributed by atoms with Gasteiger partial charge in [-0.3, -0.25) is 4.79 Å². The Morgan fingerprint density at radius 1 is 1.15 bits per heavy atom. The van der Waals surface area contributed by atoms with Gasteiger partial charge in [0.2, 0.25) is 0 Å². The number of hydrazone groups is 1. The third-order valence-electron chi connectivity index (χ3n) is 3.62. The van der Waals surface area contributed by atoms with Crippen molar-refractivity contribution in [1.29, 1.82) is 0 Å². The van der Waals surface area contributed by atoms with Gasteiger partial charge in [0, 0.05) is 5.56 Å². The lowest BCUT2D eigenvalue weighted by Crippen LogP contribution is -2.24. The number of rotatable bonds is 7. The summed E-state index contributed by atoms with van der Waals surface area (Å²) in [5.74, 6) is 0.0666. The van der Waals surface area contributed by atoms with Gasteiger partial charge in [-0.05, 0) is 35.2 Å². The number of alkyl halides is 2. The molecular weight excluding hydrogens is 354 g/mol. The number of hydrogen-bond acceptors (Lipinski definition) is 4. The van der Waals surface area contributed by atoms with Crippen molar-refractivity contribution in [3.63, 3.8) is 0 Å². The van der Waals surface area contributed by atoms with Crippen molar-refractivity contribution in [2.75, 3.05) is 6.61 Å². The van der Waals surface area contributed by atoms with Crippen molar-refractivity contribution in [2.24, 2.45) is 5.10 Å². The molecule has 0 aromatic heterocycles. The van der Waals surface area contributed by atoms with Crippen LogP contribution in [0.2, 0.25) is 0 Å². The number of nitrogens with one attached hydrogen (secondary N) is 1. The van der Waals surface area contributed by atoms with Gasteiger partial charge in [-0.1, -0.05) is 45.0 Å². The average molecular weight is 376 g/mol. The van der Waals surface area contributed by atoms with E-state index in [0.717, 1.165) is 5.56 Å². The zero-order valence-corrected chi connectivity index (χ0v) is 15.4. The number of carbonyl (C=O) groups is 1. The summed E-state index contributed by atoms with van der Waals surface area (Å²) in [4.78, 5) is 11.8. The Morgan fingerprint density at radius 2 is 1.81 bits per heavy atom. The molecule has 0 bridgehead atoms. The van der Waals surface area contributed by atoms with Crippen LogP contribution in [0.5, 0.6) is 11.5 Å². The van der Waals surface area contributed by atoms with Gasteiger partial charge in [-0.15, -0.1) is 0 Å².